The standard InChI is InChI=1S/C20H17N3O3S2/c1-13-6-7-14(11-21-13)20(25)26-12-19(24)23-16(18-5-3-9-28-18)10-15(22-23)17-4-2-8-27-17/h2-9,11,16H,10,12H2,1H3. The average Bonchev–Trinajstić information content (AvgIpc) is 3.46. The van der Waals surface area contributed by atoms with Gasteiger partial charge in [-0.2, -0.15) is 5.10 Å². The minimum absolute atomic E-state index is 0.177. The maximum absolute atomic E-state index is 12.8. The lowest BCUT2D eigenvalue weighted by atomic mass is 10.1. The number of ether oxygens (including phenoxy) is 1. The van der Waals surface area contributed by atoms with Crippen LogP contribution in [0.15, 0.2) is 58.5 Å². The molecule has 1 unspecified atom stereocenters. The molecule has 3 aromatic rings. The van der Waals surface area contributed by atoms with Crippen LogP contribution in [0.5, 0.6) is 0 Å². The molecule has 0 N–H and O–H groups in total. The van der Waals surface area contributed by atoms with Crippen LogP contribution >= 0.6 is 22.7 Å². The third-order valence-corrected chi connectivity index (χ3v) is 6.21. The highest BCUT2D eigenvalue weighted by Gasteiger charge is 2.34. The van der Waals surface area contributed by atoms with Gasteiger partial charge in [0.2, 0.25) is 0 Å². The number of esters is 1. The first kappa shape index (κ1) is 18.5. The summed E-state index contributed by atoms with van der Waals surface area (Å²) in [5.74, 6) is -0.923. The Labute approximate surface area is 170 Å². The van der Waals surface area contributed by atoms with Gasteiger partial charge in [-0.3, -0.25) is 9.78 Å². The molecule has 0 aliphatic carbocycles. The van der Waals surface area contributed by atoms with Gasteiger partial charge in [0, 0.05) is 23.2 Å². The minimum Gasteiger partial charge on any atom is -0.452 e. The second kappa shape index (κ2) is 8.04. The van der Waals surface area contributed by atoms with E-state index >= 15 is 0 Å². The van der Waals surface area contributed by atoms with Crippen LogP contribution in [0, 0.1) is 6.92 Å². The Bertz CT molecular complexity index is 996. The molecule has 4 rings (SSSR count). The van der Waals surface area contributed by atoms with Gasteiger partial charge in [-0.15, -0.1) is 22.7 Å². The largest absolute Gasteiger partial charge is 0.452 e. The van der Waals surface area contributed by atoms with E-state index in [1.807, 2.05) is 41.9 Å². The van der Waals surface area contributed by atoms with Gasteiger partial charge in [0.15, 0.2) is 6.61 Å². The highest BCUT2D eigenvalue weighted by molar-refractivity contribution is 7.12. The van der Waals surface area contributed by atoms with Crippen molar-refractivity contribution in [2.45, 2.75) is 19.4 Å². The van der Waals surface area contributed by atoms with Crippen LogP contribution in [0.1, 0.15) is 38.3 Å². The molecule has 1 aliphatic heterocycles. The maximum atomic E-state index is 12.8. The Morgan fingerprint density at radius 2 is 2.00 bits per heavy atom. The van der Waals surface area contributed by atoms with Gasteiger partial charge in [-0.1, -0.05) is 12.1 Å². The number of hydrazone groups is 1. The SMILES string of the molecule is Cc1ccc(C(=O)OCC(=O)N2N=C(c3cccs3)CC2c2cccs2)cn1. The Morgan fingerprint density at radius 1 is 1.18 bits per heavy atom. The molecule has 142 valence electrons. The predicted octanol–water partition coefficient (Wildman–Crippen LogP) is 4.05. The Hall–Kier alpha value is -2.84. The van der Waals surface area contributed by atoms with E-state index in [-0.39, 0.29) is 18.6 Å². The zero-order valence-corrected chi connectivity index (χ0v) is 16.7. The lowest BCUT2D eigenvalue weighted by Gasteiger charge is -2.20. The van der Waals surface area contributed by atoms with Gasteiger partial charge in [0.05, 0.1) is 22.2 Å². The van der Waals surface area contributed by atoms with Crippen molar-refractivity contribution >= 4 is 40.3 Å². The molecule has 1 aliphatic rings. The summed E-state index contributed by atoms with van der Waals surface area (Å²) in [6.45, 7) is 1.47. The van der Waals surface area contributed by atoms with E-state index in [1.54, 1.807) is 34.8 Å². The fourth-order valence-corrected chi connectivity index (χ4v) is 4.43. The molecule has 4 heterocycles. The molecular formula is C20H17N3O3S2. The number of aryl methyl sites for hydroxylation is 1. The summed E-state index contributed by atoms with van der Waals surface area (Å²) in [5, 5.41) is 9.95. The molecule has 0 bridgehead atoms. The van der Waals surface area contributed by atoms with Crippen LogP contribution in [0.4, 0.5) is 0 Å². The summed E-state index contributed by atoms with van der Waals surface area (Å²) < 4.78 is 5.20. The number of hydrogen-bond acceptors (Lipinski definition) is 7. The van der Waals surface area contributed by atoms with Crippen molar-refractivity contribution in [3.05, 3.63) is 74.4 Å². The van der Waals surface area contributed by atoms with Crippen molar-refractivity contribution in [1.82, 2.24) is 9.99 Å². The topological polar surface area (TPSA) is 71.9 Å². The first-order valence-corrected chi connectivity index (χ1v) is 10.4. The summed E-state index contributed by atoms with van der Waals surface area (Å²) in [7, 11) is 0. The fraction of sp³-hybridized carbons (Fsp3) is 0.200. The molecule has 28 heavy (non-hydrogen) atoms. The molecule has 0 aromatic carbocycles. The molecule has 1 amide bonds. The summed E-state index contributed by atoms with van der Waals surface area (Å²) >= 11 is 3.18. The Kier molecular flexibility index (Phi) is 5.31. The van der Waals surface area contributed by atoms with Crippen molar-refractivity contribution < 1.29 is 14.3 Å². The molecule has 0 saturated heterocycles. The van der Waals surface area contributed by atoms with Gasteiger partial charge in [-0.25, -0.2) is 9.80 Å². The van der Waals surface area contributed by atoms with Gasteiger partial charge in [0.25, 0.3) is 5.91 Å². The highest BCUT2D eigenvalue weighted by atomic mass is 32.1. The normalized spacial score (nSPS) is 16.1. The second-order valence-electron chi connectivity index (χ2n) is 6.26. The molecule has 0 spiro atoms. The summed E-state index contributed by atoms with van der Waals surface area (Å²) in [6.07, 6.45) is 2.09. The van der Waals surface area contributed by atoms with E-state index in [2.05, 4.69) is 10.1 Å². The number of aromatic nitrogens is 1. The van der Waals surface area contributed by atoms with Gasteiger partial charge >= 0.3 is 5.97 Å². The van der Waals surface area contributed by atoms with Gasteiger partial charge in [-0.05, 0) is 41.9 Å². The minimum atomic E-state index is -0.574. The predicted molar refractivity (Wildman–Crippen MR) is 109 cm³/mol. The molecule has 0 fully saturated rings. The highest BCUT2D eigenvalue weighted by Crippen LogP contribution is 2.35. The number of rotatable bonds is 5. The van der Waals surface area contributed by atoms with Crippen LogP contribution in [-0.2, 0) is 9.53 Å². The molecule has 8 heteroatoms. The van der Waals surface area contributed by atoms with Gasteiger partial charge in [0.1, 0.15) is 0 Å². The fourth-order valence-electron chi connectivity index (χ4n) is 2.90. The molecule has 3 aromatic heterocycles. The lowest BCUT2D eigenvalue weighted by molar-refractivity contribution is -0.136. The van der Waals surface area contributed by atoms with E-state index in [0.29, 0.717) is 12.0 Å². The monoisotopic (exact) mass is 411 g/mol. The number of pyridine rings is 1. The Morgan fingerprint density at radius 3 is 2.68 bits per heavy atom. The molecular weight excluding hydrogens is 394 g/mol. The summed E-state index contributed by atoms with van der Waals surface area (Å²) in [4.78, 5) is 31.1. The molecule has 1 atom stereocenters. The van der Waals surface area contributed by atoms with Crippen LogP contribution in [-0.4, -0.2) is 34.2 Å². The number of amides is 1. The quantitative estimate of drug-likeness (QED) is 0.594. The van der Waals surface area contributed by atoms with Gasteiger partial charge < -0.3 is 4.74 Å². The van der Waals surface area contributed by atoms with Crippen LogP contribution in [0.2, 0.25) is 0 Å². The second-order valence-corrected chi connectivity index (χ2v) is 8.19. The van der Waals surface area contributed by atoms with E-state index in [1.165, 1.54) is 11.2 Å². The van der Waals surface area contributed by atoms with Crippen molar-refractivity contribution in [1.29, 1.82) is 0 Å². The summed E-state index contributed by atoms with van der Waals surface area (Å²) in [6, 6.07) is 11.1. The number of hydrogen-bond donors (Lipinski definition) is 0. The van der Waals surface area contributed by atoms with E-state index in [9.17, 15) is 9.59 Å². The van der Waals surface area contributed by atoms with Crippen LogP contribution in [0.25, 0.3) is 0 Å². The van der Waals surface area contributed by atoms with Crippen molar-refractivity contribution in [3.63, 3.8) is 0 Å². The first-order valence-electron chi connectivity index (χ1n) is 8.68. The lowest BCUT2D eigenvalue weighted by Crippen LogP contribution is -2.31. The number of thiophene rings is 2. The molecule has 0 radical (unpaired) electrons. The first-order chi connectivity index (χ1) is 13.6. The third kappa shape index (κ3) is 3.88. The van der Waals surface area contributed by atoms with Crippen LogP contribution in [0.3, 0.4) is 0 Å². The number of carbonyl (C=O) groups excluding carboxylic acids is 2. The Balaban J connectivity index is 1.48. The number of nitrogens with zero attached hydrogens (tertiary/aromatic N) is 3. The van der Waals surface area contributed by atoms with Crippen molar-refractivity contribution in [2.75, 3.05) is 6.61 Å². The van der Waals surface area contributed by atoms with E-state index < -0.39 is 5.97 Å². The molecule has 6 nitrogen and oxygen atoms in total. The summed E-state index contributed by atoms with van der Waals surface area (Å²) in [5.41, 5.74) is 1.99. The third-order valence-electron chi connectivity index (χ3n) is 4.32. The van der Waals surface area contributed by atoms with E-state index in [4.69, 9.17) is 4.74 Å². The van der Waals surface area contributed by atoms with Crippen molar-refractivity contribution in [3.8, 4) is 0 Å². The molecule has 0 saturated carbocycles. The maximum Gasteiger partial charge on any atom is 0.340 e. The zero-order chi connectivity index (χ0) is 19.5. The average molecular weight is 412 g/mol. The van der Waals surface area contributed by atoms with Crippen LogP contribution < -0.4 is 0 Å². The zero-order valence-electron chi connectivity index (χ0n) is 15.1. The number of carbonyl (C=O) groups is 2. The van der Waals surface area contributed by atoms with E-state index in [0.717, 1.165) is 21.2 Å². The van der Waals surface area contributed by atoms with Crippen molar-refractivity contribution in [2.24, 2.45) is 5.10 Å². The smallest absolute Gasteiger partial charge is 0.340 e.